The SMILES string of the molecule is O=C(CCCOc1cccc2ccccc12)N1CCC2(CC1)CNC2. The highest BCUT2D eigenvalue weighted by Crippen LogP contribution is 2.35. The van der Waals surface area contributed by atoms with E-state index in [1.54, 1.807) is 0 Å². The normalized spacial score (nSPS) is 19.0. The van der Waals surface area contributed by atoms with Gasteiger partial charge < -0.3 is 15.0 Å². The minimum absolute atomic E-state index is 0.281. The number of nitrogens with one attached hydrogen (secondary N) is 1. The molecule has 1 spiro atoms. The molecule has 1 amide bonds. The zero-order valence-electron chi connectivity index (χ0n) is 14.7. The Bertz CT molecular complexity index is 739. The predicted molar refractivity (Wildman–Crippen MR) is 99.8 cm³/mol. The van der Waals surface area contributed by atoms with Crippen LogP contribution in [-0.4, -0.2) is 43.6 Å². The van der Waals surface area contributed by atoms with Gasteiger partial charge in [0, 0.05) is 38.0 Å². The first-order valence-corrected chi connectivity index (χ1v) is 9.35. The van der Waals surface area contributed by atoms with Crippen LogP contribution in [0.25, 0.3) is 10.8 Å². The van der Waals surface area contributed by atoms with Crippen LogP contribution in [0.5, 0.6) is 5.75 Å². The number of piperidine rings is 1. The van der Waals surface area contributed by atoms with Gasteiger partial charge in [0.1, 0.15) is 5.75 Å². The number of nitrogens with zero attached hydrogens (tertiary/aromatic N) is 1. The zero-order chi connectivity index (χ0) is 17.1. The minimum Gasteiger partial charge on any atom is -0.493 e. The zero-order valence-corrected chi connectivity index (χ0v) is 14.7. The van der Waals surface area contributed by atoms with Gasteiger partial charge in [0.2, 0.25) is 5.91 Å². The Kier molecular flexibility index (Phi) is 4.62. The first-order valence-electron chi connectivity index (χ1n) is 9.35. The Morgan fingerprint density at radius 1 is 1.08 bits per heavy atom. The van der Waals surface area contributed by atoms with Gasteiger partial charge in [0.15, 0.2) is 0 Å². The van der Waals surface area contributed by atoms with Crippen LogP contribution in [0, 0.1) is 5.41 Å². The van der Waals surface area contributed by atoms with Crippen molar-refractivity contribution in [1.29, 1.82) is 0 Å². The molecule has 0 aromatic heterocycles. The molecule has 2 fully saturated rings. The quantitative estimate of drug-likeness (QED) is 0.851. The number of carbonyl (C=O) groups excluding carboxylic acids is 1. The van der Waals surface area contributed by atoms with E-state index in [1.807, 2.05) is 29.2 Å². The summed E-state index contributed by atoms with van der Waals surface area (Å²) >= 11 is 0. The lowest BCUT2D eigenvalue weighted by Crippen LogP contribution is -2.58. The lowest BCUT2D eigenvalue weighted by molar-refractivity contribution is -0.134. The van der Waals surface area contributed by atoms with Crippen molar-refractivity contribution in [1.82, 2.24) is 10.2 Å². The molecular formula is C21H26N2O2. The molecule has 25 heavy (non-hydrogen) atoms. The van der Waals surface area contributed by atoms with Crippen molar-refractivity contribution in [3.05, 3.63) is 42.5 Å². The first-order chi connectivity index (χ1) is 12.3. The highest BCUT2D eigenvalue weighted by molar-refractivity contribution is 5.88. The van der Waals surface area contributed by atoms with Crippen molar-refractivity contribution in [3.8, 4) is 5.75 Å². The number of likely N-dealkylation sites (tertiary alicyclic amines) is 1. The van der Waals surface area contributed by atoms with Gasteiger partial charge in [-0.3, -0.25) is 4.79 Å². The van der Waals surface area contributed by atoms with E-state index in [0.717, 1.165) is 56.6 Å². The Labute approximate surface area is 149 Å². The van der Waals surface area contributed by atoms with Gasteiger partial charge in [-0.05, 0) is 36.1 Å². The summed E-state index contributed by atoms with van der Waals surface area (Å²) in [6.07, 6.45) is 3.65. The largest absolute Gasteiger partial charge is 0.493 e. The predicted octanol–water partition coefficient (Wildman–Crippen LogP) is 3.21. The van der Waals surface area contributed by atoms with Crippen LogP contribution in [-0.2, 0) is 4.79 Å². The number of hydrogen-bond acceptors (Lipinski definition) is 3. The molecule has 2 saturated heterocycles. The van der Waals surface area contributed by atoms with Crippen molar-refractivity contribution in [2.75, 3.05) is 32.8 Å². The number of hydrogen-bond donors (Lipinski definition) is 1. The number of ether oxygens (including phenoxy) is 1. The highest BCUT2D eigenvalue weighted by Gasteiger charge is 2.40. The lowest BCUT2D eigenvalue weighted by Gasteiger charge is -2.48. The third-order valence-electron chi connectivity index (χ3n) is 5.72. The van der Waals surface area contributed by atoms with E-state index < -0.39 is 0 Å². The van der Waals surface area contributed by atoms with E-state index in [9.17, 15) is 4.79 Å². The van der Waals surface area contributed by atoms with Crippen LogP contribution in [0.1, 0.15) is 25.7 Å². The minimum atomic E-state index is 0.281. The number of fused-ring (bicyclic) bond motifs is 1. The molecule has 132 valence electrons. The third kappa shape index (κ3) is 3.49. The molecule has 0 aliphatic carbocycles. The summed E-state index contributed by atoms with van der Waals surface area (Å²) in [5.41, 5.74) is 0.494. The Hall–Kier alpha value is -2.07. The van der Waals surface area contributed by atoms with Crippen LogP contribution in [0.2, 0.25) is 0 Å². The van der Waals surface area contributed by atoms with Crippen molar-refractivity contribution in [3.63, 3.8) is 0 Å². The fourth-order valence-electron chi connectivity index (χ4n) is 3.95. The number of rotatable bonds is 5. The van der Waals surface area contributed by atoms with Gasteiger partial charge in [-0.2, -0.15) is 0 Å². The maximum absolute atomic E-state index is 12.4. The topological polar surface area (TPSA) is 41.6 Å². The molecule has 2 aliphatic heterocycles. The molecule has 0 unspecified atom stereocenters. The first kappa shape index (κ1) is 16.4. The van der Waals surface area contributed by atoms with Crippen LogP contribution >= 0.6 is 0 Å². The second-order valence-corrected chi connectivity index (χ2v) is 7.41. The number of benzene rings is 2. The molecule has 0 atom stereocenters. The Morgan fingerprint density at radius 3 is 2.60 bits per heavy atom. The van der Waals surface area contributed by atoms with E-state index in [1.165, 1.54) is 5.39 Å². The van der Waals surface area contributed by atoms with Gasteiger partial charge in [-0.25, -0.2) is 0 Å². The molecule has 4 rings (SSSR count). The monoisotopic (exact) mass is 338 g/mol. The van der Waals surface area contributed by atoms with Gasteiger partial charge in [0.05, 0.1) is 6.61 Å². The second kappa shape index (κ2) is 7.04. The van der Waals surface area contributed by atoms with Crippen LogP contribution in [0.3, 0.4) is 0 Å². The molecule has 2 aromatic rings. The van der Waals surface area contributed by atoms with Crippen molar-refractivity contribution in [2.24, 2.45) is 5.41 Å². The third-order valence-corrected chi connectivity index (χ3v) is 5.72. The average Bonchev–Trinajstić information content (AvgIpc) is 2.64. The highest BCUT2D eigenvalue weighted by atomic mass is 16.5. The number of carbonyl (C=O) groups is 1. The summed E-state index contributed by atoms with van der Waals surface area (Å²) in [6.45, 7) is 4.69. The maximum atomic E-state index is 12.4. The molecular weight excluding hydrogens is 312 g/mol. The van der Waals surface area contributed by atoms with Crippen LogP contribution < -0.4 is 10.1 Å². The lowest BCUT2D eigenvalue weighted by atomic mass is 9.73. The van der Waals surface area contributed by atoms with E-state index in [0.29, 0.717) is 18.4 Å². The van der Waals surface area contributed by atoms with Crippen molar-refractivity contribution in [2.45, 2.75) is 25.7 Å². The van der Waals surface area contributed by atoms with Crippen LogP contribution in [0.4, 0.5) is 0 Å². The van der Waals surface area contributed by atoms with Gasteiger partial charge in [0.25, 0.3) is 0 Å². The summed E-state index contributed by atoms with van der Waals surface area (Å²) in [5.74, 6) is 1.19. The van der Waals surface area contributed by atoms with Crippen molar-refractivity contribution < 1.29 is 9.53 Å². The molecule has 0 saturated carbocycles. The summed E-state index contributed by atoms with van der Waals surface area (Å²) in [6, 6.07) is 14.3. The fourth-order valence-corrected chi connectivity index (χ4v) is 3.95. The van der Waals surface area contributed by atoms with Crippen LogP contribution in [0.15, 0.2) is 42.5 Å². The van der Waals surface area contributed by atoms with E-state index in [2.05, 4.69) is 23.5 Å². The Morgan fingerprint density at radius 2 is 1.84 bits per heavy atom. The molecule has 0 bridgehead atoms. The summed E-state index contributed by atoms with van der Waals surface area (Å²) in [5, 5.41) is 5.68. The molecule has 2 aromatic carbocycles. The molecule has 2 heterocycles. The van der Waals surface area contributed by atoms with E-state index in [-0.39, 0.29) is 5.91 Å². The molecule has 2 aliphatic rings. The average molecular weight is 338 g/mol. The molecule has 4 nitrogen and oxygen atoms in total. The summed E-state index contributed by atoms with van der Waals surface area (Å²) < 4.78 is 5.94. The Balaban J connectivity index is 1.23. The molecule has 1 N–H and O–H groups in total. The smallest absolute Gasteiger partial charge is 0.222 e. The standard InChI is InChI=1S/C21H26N2O2/c24-20(23-12-10-21(11-13-23)15-22-16-21)9-4-14-25-19-8-3-6-17-5-1-2-7-18(17)19/h1-3,5-8,22H,4,9-16H2. The fraction of sp³-hybridized carbons (Fsp3) is 0.476. The summed E-state index contributed by atoms with van der Waals surface area (Å²) in [7, 11) is 0. The molecule has 0 radical (unpaired) electrons. The van der Waals surface area contributed by atoms with Gasteiger partial charge >= 0.3 is 0 Å². The molecule has 4 heteroatoms. The van der Waals surface area contributed by atoms with E-state index in [4.69, 9.17) is 4.74 Å². The van der Waals surface area contributed by atoms with E-state index >= 15 is 0 Å². The second-order valence-electron chi connectivity index (χ2n) is 7.41. The maximum Gasteiger partial charge on any atom is 0.222 e. The van der Waals surface area contributed by atoms with Gasteiger partial charge in [-0.15, -0.1) is 0 Å². The van der Waals surface area contributed by atoms with Gasteiger partial charge in [-0.1, -0.05) is 36.4 Å². The number of amides is 1. The van der Waals surface area contributed by atoms with Crippen molar-refractivity contribution >= 4 is 16.7 Å². The summed E-state index contributed by atoms with van der Waals surface area (Å²) in [4.78, 5) is 14.4.